The smallest absolute Gasteiger partial charge is 0.305 e. The zero-order chi connectivity index (χ0) is 15.1. The van der Waals surface area contributed by atoms with E-state index in [4.69, 9.17) is 4.74 Å². The molecule has 0 aliphatic heterocycles. The van der Waals surface area contributed by atoms with Crippen LogP contribution in [-0.4, -0.2) is 25.0 Å². The molecule has 0 saturated heterocycles. The van der Waals surface area contributed by atoms with Crippen LogP contribution in [0.1, 0.15) is 30.1 Å². The molecular formula is C17H19NO3. The molecule has 0 aliphatic rings. The molecule has 0 spiro atoms. The fourth-order valence-corrected chi connectivity index (χ4v) is 2.19. The lowest BCUT2D eigenvalue weighted by molar-refractivity contribution is -0.143. The lowest BCUT2D eigenvalue weighted by Gasteiger charge is -2.08. The molecule has 2 rings (SSSR count). The molecule has 0 aromatic heterocycles. The standard InChI is InChI=1S/C17H19NO3/c1-2-21-16(19)11-6-12-18-17(20)15-10-5-8-13-7-3-4-9-14(13)15/h3-5,7-10H,2,6,11-12H2,1H3,(H,18,20). The summed E-state index contributed by atoms with van der Waals surface area (Å²) in [4.78, 5) is 23.4. The van der Waals surface area contributed by atoms with Gasteiger partial charge in [0.25, 0.3) is 5.91 Å². The fourth-order valence-electron chi connectivity index (χ4n) is 2.19. The van der Waals surface area contributed by atoms with Crippen LogP contribution >= 0.6 is 0 Å². The Kier molecular flexibility index (Phi) is 5.32. The Hall–Kier alpha value is -2.36. The number of carbonyl (C=O) groups is 2. The molecular weight excluding hydrogens is 266 g/mol. The van der Waals surface area contributed by atoms with Gasteiger partial charge in [-0.2, -0.15) is 0 Å². The summed E-state index contributed by atoms with van der Waals surface area (Å²) < 4.78 is 4.84. The zero-order valence-electron chi connectivity index (χ0n) is 12.1. The van der Waals surface area contributed by atoms with Gasteiger partial charge in [0.1, 0.15) is 0 Å². The van der Waals surface area contributed by atoms with Gasteiger partial charge < -0.3 is 10.1 Å². The Labute approximate surface area is 124 Å². The number of ether oxygens (including phenoxy) is 1. The van der Waals surface area contributed by atoms with Crippen molar-refractivity contribution in [2.24, 2.45) is 0 Å². The van der Waals surface area contributed by atoms with Crippen LogP contribution in [0.2, 0.25) is 0 Å². The van der Waals surface area contributed by atoms with E-state index >= 15 is 0 Å². The van der Waals surface area contributed by atoms with Gasteiger partial charge in [0, 0.05) is 18.5 Å². The Morgan fingerprint density at radius 2 is 1.86 bits per heavy atom. The monoisotopic (exact) mass is 285 g/mol. The van der Waals surface area contributed by atoms with E-state index in [-0.39, 0.29) is 11.9 Å². The van der Waals surface area contributed by atoms with Crippen molar-refractivity contribution in [1.29, 1.82) is 0 Å². The van der Waals surface area contributed by atoms with Crippen LogP contribution in [0, 0.1) is 0 Å². The van der Waals surface area contributed by atoms with E-state index < -0.39 is 0 Å². The molecule has 4 heteroatoms. The molecule has 0 fully saturated rings. The number of nitrogens with one attached hydrogen (secondary N) is 1. The van der Waals surface area contributed by atoms with Gasteiger partial charge in [-0.1, -0.05) is 36.4 Å². The average Bonchev–Trinajstić information content (AvgIpc) is 2.51. The van der Waals surface area contributed by atoms with Crippen molar-refractivity contribution >= 4 is 22.6 Å². The quantitative estimate of drug-likeness (QED) is 0.656. The molecule has 0 atom stereocenters. The predicted molar refractivity (Wildman–Crippen MR) is 82.1 cm³/mol. The highest BCUT2D eigenvalue weighted by atomic mass is 16.5. The summed E-state index contributed by atoms with van der Waals surface area (Å²) in [6.07, 6.45) is 0.902. The third-order valence-electron chi connectivity index (χ3n) is 3.18. The first kappa shape index (κ1) is 15.0. The fraction of sp³-hybridized carbons (Fsp3) is 0.294. The number of esters is 1. The molecule has 1 N–H and O–H groups in total. The van der Waals surface area contributed by atoms with Gasteiger partial charge in [0.2, 0.25) is 0 Å². The highest BCUT2D eigenvalue weighted by Gasteiger charge is 2.09. The molecule has 0 aliphatic carbocycles. The highest BCUT2D eigenvalue weighted by molar-refractivity contribution is 6.06. The van der Waals surface area contributed by atoms with Crippen LogP contribution < -0.4 is 5.32 Å². The molecule has 0 unspecified atom stereocenters. The molecule has 21 heavy (non-hydrogen) atoms. The minimum absolute atomic E-state index is 0.115. The van der Waals surface area contributed by atoms with Crippen LogP contribution in [0.3, 0.4) is 0 Å². The second-order valence-corrected chi connectivity index (χ2v) is 4.69. The Morgan fingerprint density at radius 1 is 1.10 bits per heavy atom. The van der Waals surface area contributed by atoms with Crippen molar-refractivity contribution in [3.8, 4) is 0 Å². The van der Waals surface area contributed by atoms with E-state index in [9.17, 15) is 9.59 Å². The molecule has 4 nitrogen and oxygen atoms in total. The maximum absolute atomic E-state index is 12.2. The van der Waals surface area contributed by atoms with Gasteiger partial charge in [-0.05, 0) is 30.2 Å². The number of hydrogen-bond donors (Lipinski definition) is 1. The molecule has 1 amide bonds. The summed E-state index contributed by atoms with van der Waals surface area (Å²) in [6.45, 7) is 2.63. The van der Waals surface area contributed by atoms with Crippen LogP contribution in [0.5, 0.6) is 0 Å². The van der Waals surface area contributed by atoms with Crippen molar-refractivity contribution in [3.63, 3.8) is 0 Å². The first-order valence-corrected chi connectivity index (χ1v) is 7.14. The Morgan fingerprint density at radius 3 is 2.67 bits per heavy atom. The number of carbonyl (C=O) groups excluding carboxylic acids is 2. The molecule has 0 radical (unpaired) electrons. The first-order valence-electron chi connectivity index (χ1n) is 7.14. The van der Waals surface area contributed by atoms with Crippen LogP contribution in [0.4, 0.5) is 0 Å². The molecule has 2 aromatic rings. The molecule has 0 saturated carbocycles. The summed E-state index contributed by atoms with van der Waals surface area (Å²) >= 11 is 0. The van der Waals surface area contributed by atoms with E-state index in [1.165, 1.54) is 0 Å². The van der Waals surface area contributed by atoms with E-state index in [0.717, 1.165) is 10.8 Å². The summed E-state index contributed by atoms with van der Waals surface area (Å²) in [5.74, 6) is -0.340. The number of benzene rings is 2. The molecule has 2 aromatic carbocycles. The largest absolute Gasteiger partial charge is 0.466 e. The number of rotatable bonds is 6. The SMILES string of the molecule is CCOC(=O)CCCNC(=O)c1cccc2ccccc12. The Bertz CT molecular complexity index is 631. The van der Waals surface area contributed by atoms with Crippen molar-refractivity contribution in [2.75, 3.05) is 13.2 Å². The molecule has 110 valence electrons. The topological polar surface area (TPSA) is 55.4 Å². The van der Waals surface area contributed by atoms with Gasteiger partial charge in [0.05, 0.1) is 6.61 Å². The van der Waals surface area contributed by atoms with Gasteiger partial charge in [0.15, 0.2) is 0 Å². The van der Waals surface area contributed by atoms with Gasteiger partial charge >= 0.3 is 5.97 Å². The predicted octanol–water partition coefficient (Wildman–Crippen LogP) is 2.91. The van der Waals surface area contributed by atoms with Crippen LogP contribution in [0.15, 0.2) is 42.5 Å². The van der Waals surface area contributed by atoms with E-state index in [0.29, 0.717) is 31.6 Å². The third-order valence-corrected chi connectivity index (χ3v) is 3.18. The van der Waals surface area contributed by atoms with Crippen molar-refractivity contribution in [3.05, 3.63) is 48.0 Å². The summed E-state index contributed by atoms with van der Waals surface area (Å²) in [7, 11) is 0. The van der Waals surface area contributed by atoms with Crippen molar-refractivity contribution < 1.29 is 14.3 Å². The number of hydrogen-bond acceptors (Lipinski definition) is 3. The summed E-state index contributed by atoms with van der Waals surface area (Å²) in [5.41, 5.74) is 0.657. The second kappa shape index (κ2) is 7.43. The highest BCUT2D eigenvalue weighted by Crippen LogP contribution is 2.18. The van der Waals surface area contributed by atoms with Crippen LogP contribution in [-0.2, 0) is 9.53 Å². The second-order valence-electron chi connectivity index (χ2n) is 4.69. The minimum Gasteiger partial charge on any atom is -0.466 e. The average molecular weight is 285 g/mol. The van der Waals surface area contributed by atoms with E-state index in [1.807, 2.05) is 42.5 Å². The van der Waals surface area contributed by atoms with Crippen molar-refractivity contribution in [1.82, 2.24) is 5.32 Å². The van der Waals surface area contributed by atoms with Crippen molar-refractivity contribution in [2.45, 2.75) is 19.8 Å². The lowest BCUT2D eigenvalue weighted by atomic mass is 10.0. The first-order chi connectivity index (χ1) is 10.2. The van der Waals surface area contributed by atoms with E-state index in [2.05, 4.69) is 5.32 Å². The third kappa shape index (κ3) is 4.05. The lowest BCUT2D eigenvalue weighted by Crippen LogP contribution is -2.25. The van der Waals surface area contributed by atoms with E-state index in [1.54, 1.807) is 6.92 Å². The number of amides is 1. The summed E-state index contributed by atoms with van der Waals surface area (Å²) in [5, 5.41) is 4.81. The summed E-state index contributed by atoms with van der Waals surface area (Å²) in [6, 6.07) is 13.4. The van der Waals surface area contributed by atoms with Gasteiger partial charge in [-0.25, -0.2) is 0 Å². The minimum atomic E-state index is -0.225. The van der Waals surface area contributed by atoms with Gasteiger partial charge in [-0.3, -0.25) is 9.59 Å². The van der Waals surface area contributed by atoms with Crippen LogP contribution in [0.25, 0.3) is 10.8 Å². The number of fused-ring (bicyclic) bond motifs is 1. The zero-order valence-corrected chi connectivity index (χ0v) is 12.1. The maximum atomic E-state index is 12.2. The van der Waals surface area contributed by atoms with Gasteiger partial charge in [-0.15, -0.1) is 0 Å². The Balaban J connectivity index is 1.92. The molecule has 0 heterocycles. The molecule has 0 bridgehead atoms. The maximum Gasteiger partial charge on any atom is 0.305 e. The normalized spacial score (nSPS) is 10.3.